The second kappa shape index (κ2) is 9.45. The SMILES string of the molecule is COc1cc(C=CC(=O)Nc2nc(-c3ccc(C)cc3)c(C)s2)cc(OC)c1OC. The fourth-order valence-electron chi connectivity index (χ4n) is 2.95. The van der Waals surface area contributed by atoms with Crippen LogP contribution in [-0.4, -0.2) is 32.2 Å². The molecule has 0 aliphatic rings. The van der Waals surface area contributed by atoms with Crippen LogP contribution >= 0.6 is 11.3 Å². The van der Waals surface area contributed by atoms with Gasteiger partial charge in [0.05, 0.1) is 27.0 Å². The van der Waals surface area contributed by atoms with E-state index in [-0.39, 0.29) is 5.91 Å². The number of aromatic nitrogens is 1. The van der Waals surface area contributed by atoms with Crippen LogP contribution in [0.1, 0.15) is 16.0 Å². The van der Waals surface area contributed by atoms with Crippen LogP contribution < -0.4 is 19.5 Å². The molecular weight excluding hydrogens is 400 g/mol. The number of carbonyl (C=O) groups is 1. The summed E-state index contributed by atoms with van der Waals surface area (Å²) in [5, 5.41) is 3.39. The third-order valence-corrected chi connectivity index (χ3v) is 5.35. The Morgan fingerprint density at radius 3 is 2.20 bits per heavy atom. The summed E-state index contributed by atoms with van der Waals surface area (Å²) in [7, 11) is 4.64. The van der Waals surface area contributed by atoms with E-state index in [9.17, 15) is 4.79 Å². The average molecular weight is 425 g/mol. The van der Waals surface area contributed by atoms with Gasteiger partial charge in [-0.15, -0.1) is 11.3 Å². The Labute approximate surface area is 180 Å². The van der Waals surface area contributed by atoms with Crippen LogP contribution in [0.15, 0.2) is 42.5 Å². The fourth-order valence-corrected chi connectivity index (χ4v) is 3.78. The predicted molar refractivity (Wildman–Crippen MR) is 121 cm³/mol. The smallest absolute Gasteiger partial charge is 0.250 e. The third-order valence-electron chi connectivity index (χ3n) is 4.47. The largest absolute Gasteiger partial charge is 0.493 e. The van der Waals surface area contributed by atoms with Crippen molar-refractivity contribution in [3.8, 4) is 28.5 Å². The minimum absolute atomic E-state index is 0.270. The minimum Gasteiger partial charge on any atom is -0.493 e. The summed E-state index contributed by atoms with van der Waals surface area (Å²) in [6.45, 7) is 4.04. The van der Waals surface area contributed by atoms with Crippen molar-refractivity contribution in [2.75, 3.05) is 26.6 Å². The molecule has 0 spiro atoms. The highest BCUT2D eigenvalue weighted by atomic mass is 32.1. The number of nitrogens with zero attached hydrogens (tertiary/aromatic N) is 1. The van der Waals surface area contributed by atoms with Gasteiger partial charge in [0.1, 0.15) is 0 Å². The van der Waals surface area contributed by atoms with Crippen molar-refractivity contribution >= 4 is 28.5 Å². The molecule has 0 aliphatic heterocycles. The summed E-state index contributed by atoms with van der Waals surface area (Å²) >= 11 is 1.45. The first kappa shape index (κ1) is 21.4. The van der Waals surface area contributed by atoms with Crippen molar-refractivity contribution in [3.05, 3.63) is 58.5 Å². The Balaban J connectivity index is 1.75. The van der Waals surface area contributed by atoms with E-state index in [4.69, 9.17) is 14.2 Å². The van der Waals surface area contributed by atoms with Gasteiger partial charge in [-0.1, -0.05) is 29.8 Å². The molecule has 30 heavy (non-hydrogen) atoms. The van der Waals surface area contributed by atoms with E-state index >= 15 is 0 Å². The van der Waals surface area contributed by atoms with E-state index in [1.54, 1.807) is 39.5 Å². The van der Waals surface area contributed by atoms with Crippen molar-refractivity contribution in [1.29, 1.82) is 0 Å². The van der Waals surface area contributed by atoms with Crippen LogP contribution in [0.4, 0.5) is 5.13 Å². The number of nitrogens with one attached hydrogen (secondary N) is 1. The summed E-state index contributed by atoms with van der Waals surface area (Å²) in [5.74, 6) is 1.28. The molecule has 0 atom stereocenters. The molecule has 1 heterocycles. The molecule has 0 bridgehead atoms. The highest BCUT2D eigenvalue weighted by Crippen LogP contribution is 2.38. The molecule has 0 saturated heterocycles. The Morgan fingerprint density at radius 2 is 1.63 bits per heavy atom. The zero-order chi connectivity index (χ0) is 21.7. The molecule has 0 aliphatic carbocycles. The lowest BCUT2D eigenvalue weighted by Gasteiger charge is -2.12. The first-order valence-corrected chi connectivity index (χ1v) is 10.1. The number of benzene rings is 2. The van der Waals surface area contributed by atoms with Gasteiger partial charge in [-0.2, -0.15) is 0 Å². The summed E-state index contributed by atoms with van der Waals surface area (Å²) in [6, 6.07) is 11.7. The van der Waals surface area contributed by atoms with Gasteiger partial charge in [0.2, 0.25) is 11.7 Å². The second-order valence-electron chi connectivity index (χ2n) is 6.57. The Hall–Kier alpha value is -3.32. The second-order valence-corrected chi connectivity index (χ2v) is 7.77. The van der Waals surface area contributed by atoms with Crippen LogP contribution in [0.3, 0.4) is 0 Å². The molecule has 0 unspecified atom stereocenters. The summed E-state index contributed by atoms with van der Waals surface area (Å²) in [4.78, 5) is 18.0. The molecule has 1 amide bonds. The van der Waals surface area contributed by atoms with E-state index in [1.807, 2.05) is 38.1 Å². The van der Waals surface area contributed by atoms with Gasteiger partial charge >= 0.3 is 0 Å². The van der Waals surface area contributed by atoms with E-state index in [2.05, 4.69) is 10.3 Å². The quantitative estimate of drug-likeness (QED) is 0.534. The summed E-state index contributed by atoms with van der Waals surface area (Å²) in [5.41, 5.74) is 3.85. The zero-order valence-electron chi connectivity index (χ0n) is 17.6. The molecule has 7 heteroatoms. The Kier molecular flexibility index (Phi) is 6.74. The lowest BCUT2D eigenvalue weighted by Crippen LogP contribution is -2.07. The van der Waals surface area contributed by atoms with Crippen molar-refractivity contribution in [1.82, 2.24) is 4.98 Å². The standard InChI is InChI=1S/C23H24N2O4S/c1-14-6-9-17(10-7-14)21-15(2)30-23(25-21)24-20(26)11-8-16-12-18(27-3)22(29-5)19(13-16)28-4/h6-13H,1-5H3,(H,24,25,26). The molecular formula is C23H24N2O4S. The van der Waals surface area contributed by atoms with Crippen molar-refractivity contribution in [3.63, 3.8) is 0 Å². The number of hydrogen-bond acceptors (Lipinski definition) is 6. The molecule has 1 aromatic heterocycles. The molecule has 2 aromatic carbocycles. The Bertz CT molecular complexity index is 1050. The lowest BCUT2D eigenvalue weighted by atomic mass is 10.1. The molecule has 3 aromatic rings. The summed E-state index contributed by atoms with van der Waals surface area (Å²) < 4.78 is 16.0. The molecule has 0 saturated carbocycles. The Morgan fingerprint density at radius 1 is 1.00 bits per heavy atom. The van der Waals surface area contributed by atoms with Gasteiger partial charge in [-0.25, -0.2) is 4.98 Å². The normalized spacial score (nSPS) is 10.8. The zero-order valence-corrected chi connectivity index (χ0v) is 18.4. The van der Waals surface area contributed by atoms with Gasteiger partial charge in [0.15, 0.2) is 16.6 Å². The van der Waals surface area contributed by atoms with Crippen LogP contribution in [0.25, 0.3) is 17.3 Å². The maximum atomic E-state index is 12.4. The number of thiazole rings is 1. The number of amides is 1. The maximum Gasteiger partial charge on any atom is 0.250 e. The van der Waals surface area contributed by atoms with Gasteiger partial charge < -0.3 is 14.2 Å². The van der Waals surface area contributed by atoms with Crippen molar-refractivity contribution in [2.45, 2.75) is 13.8 Å². The van der Waals surface area contributed by atoms with Crippen molar-refractivity contribution < 1.29 is 19.0 Å². The number of carbonyl (C=O) groups excluding carboxylic acids is 1. The third kappa shape index (κ3) is 4.80. The van der Waals surface area contributed by atoms with Gasteiger partial charge in [0.25, 0.3) is 0 Å². The maximum absolute atomic E-state index is 12.4. The molecule has 0 fully saturated rings. The number of rotatable bonds is 7. The number of anilines is 1. The van der Waals surface area contributed by atoms with E-state index in [1.165, 1.54) is 23.0 Å². The fraction of sp³-hybridized carbons (Fsp3) is 0.217. The molecule has 156 valence electrons. The van der Waals surface area contributed by atoms with Crippen LogP contribution in [-0.2, 0) is 4.79 Å². The van der Waals surface area contributed by atoms with Gasteiger partial charge in [-0.05, 0) is 37.6 Å². The van der Waals surface area contributed by atoms with Gasteiger partial charge in [-0.3, -0.25) is 10.1 Å². The van der Waals surface area contributed by atoms with E-state index < -0.39 is 0 Å². The average Bonchev–Trinajstić information content (AvgIpc) is 3.11. The lowest BCUT2D eigenvalue weighted by molar-refractivity contribution is -0.111. The highest BCUT2D eigenvalue weighted by molar-refractivity contribution is 7.16. The number of ether oxygens (including phenoxy) is 3. The molecule has 1 N–H and O–H groups in total. The van der Waals surface area contributed by atoms with Crippen molar-refractivity contribution in [2.24, 2.45) is 0 Å². The van der Waals surface area contributed by atoms with Crippen LogP contribution in [0.5, 0.6) is 17.2 Å². The highest BCUT2D eigenvalue weighted by Gasteiger charge is 2.13. The molecule has 0 radical (unpaired) electrons. The number of methoxy groups -OCH3 is 3. The minimum atomic E-state index is -0.270. The first-order valence-electron chi connectivity index (χ1n) is 9.28. The van der Waals surface area contributed by atoms with Gasteiger partial charge in [0, 0.05) is 16.5 Å². The van der Waals surface area contributed by atoms with E-state index in [0.29, 0.717) is 22.4 Å². The van der Waals surface area contributed by atoms with E-state index in [0.717, 1.165) is 21.7 Å². The molecule has 6 nitrogen and oxygen atoms in total. The van der Waals surface area contributed by atoms with Crippen LogP contribution in [0, 0.1) is 13.8 Å². The number of aryl methyl sites for hydroxylation is 2. The predicted octanol–water partition coefficient (Wildman–Crippen LogP) is 5.10. The summed E-state index contributed by atoms with van der Waals surface area (Å²) in [6.07, 6.45) is 3.13. The number of hydrogen-bond donors (Lipinski definition) is 1. The topological polar surface area (TPSA) is 69.7 Å². The molecule has 3 rings (SSSR count). The van der Waals surface area contributed by atoms with Crippen LogP contribution in [0.2, 0.25) is 0 Å². The monoisotopic (exact) mass is 424 g/mol. The first-order chi connectivity index (χ1) is 14.4.